The van der Waals surface area contributed by atoms with E-state index in [0.29, 0.717) is 17.5 Å². The summed E-state index contributed by atoms with van der Waals surface area (Å²) in [6.45, 7) is 0. The molecule has 0 aliphatic rings. The zero-order valence-electron chi connectivity index (χ0n) is 33.4. The van der Waals surface area contributed by atoms with Crippen LogP contribution >= 0.6 is 11.3 Å². The van der Waals surface area contributed by atoms with Crippen molar-refractivity contribution in [3.05, 3.63) is 212 Å². The van der Waals surface area contributed by atoms with Crippen LogP contribution in [0.25, 0.3) is 115 Å². The summed E-state index contributed by atoms with van der Waals surface area (Å²) in [5, 5.41) is 4.80. The van der Waals surface area contributed by atoms with Gasteiger partial charge in [-0.25, -0.2) is 19.9 Å². The maximum Gasteiger partial charge on any atom is 0.167 e. The average Bonchev–Trinajstić information content (AvgIpc) is 3.91. The van der Waals surface area contributed by atoms with E-state index in [4.69, 9.17) is 19.9 Å². The molecule has 5 nitrogen and oxygen atoms in total. The molecule has 6 heteroatoms. The zero-order chi connectivity index (χ0) is 41.0. The van der Waals surface area contributed by atoms with E-state index >= 15 is 0 Å². The predicted molar refractivity (Wildman–Crippen MR) is 257 cm³/mol. The van der Waals surface area contributed by atoms with Gasteiger partial charge in [0.1, 0.15) is 5.82 Å². The molecule has 0 atom stereocenters. The third kappa shape index (κ3) is 6.08. The number of para-hydroxylation sites is 1. The minimum atomic E-state index is 0.539. The molecule has 4 aromatic heterocycles. The molecule has 12 aromatic rings. The molecule has 0 fully saturated rings. The fraction of sp³-hybridized carbons (Fsp3) is 0. The lowest BCUT2D eigenvalue weighted by Gasteiger charge is -2.17. The molecule has 0 aliphatic heterocycles. The van der Waals surface area contributed by atoms with Crippen LogP contribution in [0.5, 0.6) is 0 Å². The van der Waals surface area contributed by atoms with Crippen molar-refractivity contribution < 1.29 is 0 Å². The molecule has 8 aromatic carbocycles. The number of fused-ring (bicyclic) bond motifs is 7. The van der Waals surface area contributed by atoms with Gasteiger partial charge in [0.05, 0.1) is 21.3 Å². The molecular weight excluding hydrogens is 775 g/mol. The lowest BCUT2D eigenvalue weighted by molar-refractivity contribution is 1.04. The highest BCUT2D eigenvalue weighted by atomic mass is 32.1. The van der Waals surface area contributed by atoms with Gasteiger partial charge in [0, 0.05) is 49.1 Å². The molecule has 0 aliphatic carbocycles. The standard InChI is InChI=1S/C56H35N5S/c1-5-17-36(18-6-1)40-29-30-42(37-19-7-2-8-20-37)47(33-40)41-34-48(55-59-53(38-21-9-3-10-22-38)58-54(60-55)39-23-11-4-12-24-39)56(57-35-41)61-49-27-15-13-25-43(49)45-31-32-46-44-26-14-16-28-50(44)62-52(46)51(45)61/h1-35H. The Kier molecular flexibility index (Phi) is 8.61. The second kappa shape index (κ2) is 14.9. The normalized spacial score (nSPS) is 11.5. The fourth-order valence-electron chi connectivity index (χ4n) is 8.79. The first-order valence-corrected chi connectivity index (χ1v) is 21.5. The van der Waals surface area contributed by atoms with E-state index in [0.717, 1.165) is 72.3 Å². The number of rotatable bonds is 7. The summed E-state index contributed by atoms with van der Waals surface area (Å²) < 4.78 is 4.80. The summed E-state index contributed by atoms with van der Waals surface area (Å²) in [4.78, 5) is 21.3. The van der Waals surface area contributed by atoms with Gasteiger partial charge in [-0.05, 0) is 52.1 Å². The Balaban J connectivity index is 1.20. The third-order valence-electron chi connectivity index (χ3n) is 11.7. The van der Waals surface area contributed by atoms with E-state index < -0.39 is 0 Å². The van der Waals surface area contributed by atoms with E-state index in [2.05, 4.69) is 174 Å². The number of pyridine rings is 1. The highest BCUT2D eigenvalue weighted by Crippen LogP contribution is 2.45. The predicted octanol–water partition coefficient (Wildman–Crippen LogP) is 14.7. The SMILES string of the molecule is c1ccc(-c2ccc(-c3ccccc3)c(-c3cnc(-n4c5ccccc5c5ccc6c7ccccc7sc6c54)c(-c4nc(-c5ccccc5)nc(-c5ccccc5)n4)c3)c2)cc1. The van der Waals surface area contributed by atoms with Gasteiger partial charge in [-0.3, -0.25) is 4.57 Å². The lowest BCUT2D eigenvalue weighted by Crippen LogP contribution is -2.06. The van der Waals surface area contributed by atoms with Crippen molar-refractivity contribution >= 4 is 53.3 Å². The highest BCUT2D eigenvalue weighted by molar-refractivity contribution is 7.26. The number of hydrogen-bond acceptors (Lipinski definition) is 5. The van der Waals surface area contributed by atoms with Crippen LogP contribution < -0.4 is 0 Å². The molecular formula is C56H35N5S. The van der Waals surface area contributed by atoms with Crippen molar-refractivity contribution in [2.75, 3.05) is 0 Å². The Morgan fingerprint density at radius 2 is 0.903 bits per heavy atom. The van der Waals surface area contributed by atoms with Crippen LogP contribution in [0.2, 0.25) is 0 Å². The van der Waals surface area contributed by atoms with Crippen LogP contribution in [0.15, 0.2) is 212 Å². The minimum absolute atomic E-state index is 0.539. The third-order valence-corrected chi connectivity index (χ3v) is 12.9. The molecule has 0 saturated heterocycles. The Morgan fingerprint density at radius 3 is 1.60 bits per heavy atom. The van der Waals surface area contributed by atoms with E-state index in [9.17, 15) is 0 Å². The van der Waals surface area contributed by atoms with Gasteiger partial charge >= 0.3 is 0 Å². The molecule has 0 bridgehead atoms. The molecule has 0 amide bonds. The zero-order valence-corrected chi connectivity index (χ0v) is 34.2. The van der Waals surface area contributed by atoms with Crippen molar-refractivity contribution in [1.82, 2.24) is 24.5 Å². The number of benzene rings is 8. The van der Waals surface area contributed by atoms with Gasteiger partial charge in [0.15, 0.2) is 17.5 Å². The van der Waals surface area contributed by atoms with Gasteiger partial charge in [-0.15, -0.1) is 11.3 Å². The van der Waals surface area contributed by atoms with Crippen LogP contribution in [0.1, 0.15) is 0 Å². The van der Waals surface area contributed by atoms with E-state index in [-0.39, 0.29) is 0 Å². The van der Waals surface area contributed by atoms with Crippen LogP contribution in [0.3, 0.4) is 0 Å². The Bertz CT molecular complexity index is 3560. The first kappa shape index (κ1) is 35.8. The first-order valence-electron chi connectivity index (χ1n) is 20.7. The second-order valence-corrected chi connectivity index (χ2v) is 16.5. The van der Waals surface area contributed by atoms with Gasteiger partial charge < -0.3 is 0 Å². The molecule has 0 radical (unpaired) electrons. The average molecular weight is 810 g/mol. The van der Waals surface area contributed by atoms with Crippen LogP contribution in [0.4, 0.5) is 0 Å². The van der Waals surface area contributed by atoms with Crippen molar-refractivity contribution in [2.45, 2.75) is 0 Å². The lowest BCUT2D eigenvalue weighted by atomic mass is 9.91. The highest BCUT2D eigenvalue weighted by Gasteiger charge is 2.24. The quantitative estimate of drug-likeness (QED) is 0.161. The Hall–Kier alpha value is -8.06. The van der Waals surface area contributed by atoms with E-state index in [1.54, 1.807) is 0 Å². The topological polar surface area (TPSA) is 56.5 Å². The summed E-state index contributed by atoms with van der Waals surface area (Å²) in [6, 6.07) is 72.3. The monoisotopic (exact) mass is 809 g/mol. The molecule has 0 N–H and O–H groups in total. The first-order chi connectivity index (χ1) is 30.7. The van der Waals surface area contributed by atoms with Crippen LogP contribution in [-0.4, -0.2) is 24.5 Å². The summed E-state index contributed by atoms with van der Waals surface area (Å²) >= 11 is 1.83. The maximum absolute atomic E-state index is 5.54. The van der Waals surface area contributed by atoms with Crippen LogP contribution in [0, 0.1) is 0 Å². The number of aromatic nitrogens is 5. The minimum Gasteiger partial charge on any atom is -0.292 e. The molecule has 0 saturated carbocycles. The smallest absolute Gasteiger partial charge is 0.167 e. The summed E-state index contributed by atoms with van der Waals surface area (Å²) in [5.41, 5.74) is 11.3. The van der Waals surface area contributed by atoms with Gasteiger partial charge in [0.25, 0.3) is 0 Å². The largest absolute Gasteiger partial charge is 0.292 e. The van der Waals surface area contributed by atoms with Crippen molar-refractivity contribution in [1.29, 1.82) is 0 Å². The van der Waals surface area contributed by atoms with Gasteiger partial charge in [0.2, 0.25) is 0 Å². The van der Waals surface area contributed by atoms with E-state index in [1.807, 2.05) is 53.9 Å². The molecule has 62 heavy (non-hydrogen) atoms. The fourth-order valence-corrected chi connectivity index (χ4v) is 10.0. The van der Waals surface area contributed by atoms with Crippen molar-refractivity contribution in [2.24, 2.45) is 0 Å². The molecule has 12 rings (SSSR count). The molecule has 290 valence electrons. The van der Waals surface area contributed by atoms with Gasteiger partial charge in [-0.1, -0.05) is 182 Å². The Morgan fingerprint density at radius 1 is 0.355 bits per heavy atom. The van der Waals surface area contributed by atoms with Crippen molar-refractivity contribution in [3.8, 4) is 73.4 Å². The van der Waals surface area contributed by atoms with Crippen molar-refractivity contribution in [3.63, 3.8) is 0 Å². The molecule has 0 unspecified atom stereocenters. The molecule has 4 heterocycles. The maximum atomic E-state index is 5.54. The number of nitrogens with zero attached hydrogens (tertiary/aromatic N) is 5. The summed E-state index contributed by atoms with van der Waals surface area (Å²) in [6.07, 6.45) is 2.03. The molecule has 0 spiro atoms. The number of thiophene rings is 1. The number of hydrogen-bond donors (Lipinski definition) is 0. The van der Waals surface area contributed by atoms with Gasteiger partial charge in [-0.2, -0.15) is 0 Å². The Labute approximate surface area is 361 Å². The van der Waals surface area contributed by atoms with Crippen LogP contribution in [-0.2, 0) is 0 Å². The summed E-state index contributed by atoms with van der Waals surface area (Å²) in [7, 11) is 0. The van der Waals surface area contributed by atoms with E-state index in [1.165, 1.54) is 25.6 Å². The second-order valence-electron chi connectivity index (χ2n) is 15.4. The summed E-state index contributed by atoms with van der Waals surface area (Å²) in [5.74, 6) is 2.47.